The number of anilines is 2. The zero-order valence-electron chi connectivity index (χ0n) is 12.0. The fraction of sp³-hybridized carbons (Fsp3) is 0. The largest absolute Gasteiger partial charge is 0.461 e. The van der Waals surface area contributed by atoms with Crippen LogP contribution in [-0.2, 0) is 0 Å². The van der Waals surface area contributed by atoms with Gasteiger partial charge in [-0.3, -0.25) is 0 Å². The number of fused-ring (bicyclic) bond motifs is 1. The average molecular weight is 305 g/mol. The van der Waals surface area contributed by atoms with Crippen LogP contribution in [0.25, 0.3) is 22.5 Å². The molecule has 0 saturated carbocycles. The van der Waals surface area contributed by atoms with Crippen molar-refractivity contribution >= 4 is 22.4 Å². The van der Waals surface area contributed by atoms with Crippen LogP contribution in [-0.4, -0.2) is 9.97 Å². The summed E-state index contributed by atoms with van der Waals surface area (Å²) in [6.07, 6.45) is 1.57. The third-order valence-electron chi connectivity index (χ3n) is 3.47. The summed E-state index contributed by atoms with van der Waals surface area (Å²) in [4.78, 5) is 9.00. The Labute approximate surface area is 131 Å². The number of rotatable bonds is 3. The third kappa shape index (κ3) is 2.53. The summed E-state index contributed by atoms with van der Waals surface area (Å²) in [6.45, 7) is 0. The second kappa shape index (κ2) is 5.53. The molecule has 0 aliphatic heterocycles. The Morgan fingerprint density at radius 3 is 2.52 bits per heavy atom. The summed E-state index contributed by atoms with van der Waals surface area (Å²) in [7, 11) is 0. The lowest BCUT2D eigenvalue weighted by atomic mass is 10.2. The highest BCUT2D eigenvalue weighted by atomic mass is 19.1. The minimum Gasteiger partial charge on any atom is -0.461 e. The van der Waals surface area contributed by atoms with E-state index in [0.717, 1.165) is 10.9 Å². The Balaban J connectivity index is 1.89. The van der Waals surface area contributed by atoms with Crippen LogP contribution in [0.1, 0.15) is 0 Å². The molecule has 0 radical (unpaired) electrons. The first-order valence-corrected chi connectivity index (χ1v) is 7.13. The molecule has 4 nitrogen and oxygen atoms in total. The van der Waals surface area contributed by atoms with Crippen LogP contribution in [0.4, 0.5) is 15.9 Å². The van der Waals surface area contributed by atoms with E-state index in [4.69, 9.17) is 4.42 Å². The molecular formula is C18H12FN3O. The molecule has 23 heavy (non-hydrogen) atoms. The van der Waals surface area contributed by atoms with Gasteiger partial charge in [-0.15, -0.1) is 0 Å². The number of aromatic nitrogens is 2. The maximum atomic E-state index is 13.9. The molecule has 112 valence electrons. The lowest BCUT2D eigenvalue weighted by Gasteiger charge is -2.10. The standard InChI is InChI=1S/C18H12FN3O/c19-13-7-2-4-9-15(13)21-17-12-6-1-3-8-14(12)20-18(22-17)16-10-5-11-23-16/h1-11H,(H,20,21,22). The molecular weight excluding hydrogens is 293 g/mol. The van der Waals surface area contributed by atoms with Crippen LogP contribution >= 0.6 is 0 Å². The zero-order valence-corrected chi connectivity index (χ0v) is 12.0. The maximum Gasteiger partial charge on any atom is 0.198 e. The van der Waals surface area contributed by atoms with Gasteiger partial charge in [-0.25, -0.2) is 14.4 Å². The van der Waals surface area contributed by atoms with Crippen LogP contribution < -0.4 is 5.32 Å². The molecule has 0 amide bonds. The van der Waals surface area contributed by atoms with Gasteiger partial charge in [0, 0.05) is 5.39 Å². The zero-order chi connectivity index (χ0) is 15.6. The minimum absolute atomic E-state index is 0.338. The lowest BCUT2D eigenvalue weighted by Crippen LogP contribution is -2.00. The van der Waals surface area contributed by atoms with Gasteiger partial charge in [0.25, 0.3) is 0 Å². The van der Waals surface area contributed by atoms with Gasteiger partial charge < -0.3 is 9.73 Å². The molecule has 4 rings (SSSR count). The predicted molar refractivity (Wildman–Crippen MR) is 86.9 cm³/mol. The van der Waals surface area contributed by atoms with Crippen LogP contribution in [0.15, 0.2) is 71.3 Å². The first kappa shape index (κ1) is 13.5. The molecule has 0 spiro atoms. The molecule has 1 N–H and O–H groups in total. The topological polar surface area (TPSA) is 51.0 Å². The summed E-state index contributed by atoms with van der Waals surface area (Å²) in [6, 6.07) is 17.6. The second-order valence-corrected chi connectivity index (χ2v) is 5.00. The Morgan fingerprint density at radius 1 is 0.870 bits per heavy atom. The molecule has 2 aromatic heterocycles. The van der Waals surface area contributed by atoms with Crippen molar-refractivity contribution in [1.82, 2.24) is 9.97 Å². The van der Waals surface area contributed by atoms with Crippen molar-refractivity contribution in [2.24, 2.45) is 0 Å². The van der Waals surface area contributed by atoms with Gasteiger partial charge >= 0.3 is 0 Å². The number of benzene rings is 2. The molecule has 0 aliphatic rings. The number of para-hydroxylation sites is 2. The molecule has 0 fully saturated rings. The Kier molecular flexibility index (Phi) is 3.24. The normalized spacial score (nSPS) is 10.8. The summed E-state index contributed by atoms with van der Waals surface area (Å²) in [5.41, 5.74) is 1.12. The molecule has 4 aromatic rings. The van der Waals surface area contributed by atoms with Gasteiger partial charge in [0.2, 0.25) is 0 Å². The number of hydrogen-bond donors (Lipinski definition) is 1. The first-order chi connectivity index (χ1) is 11.3. The lowest BCUT2D eigenvalue weighted by molar-refractivity contribution is 0.577. The van der Waals surface area contributed by atoms with Crippen LogP contribution in [0.3, 0.4) is 0 Å². The second-order valence-electron chi connectivity index (χ2n) is 5.00. The van der Waals surface area contributed by atoms with Crippen LogP contribution in [0, 0.1) is 5.82 Å². The van der Waals surface area contributed by atoms with Crippen molar-refractivity contribution in [2.75, 3.05) is 5.32 Å². The smallest absolute Gasteiger partial charge is 0.198 e. The van der Waals surface area contributed by atoms with Crippen molar-refractivity contribution in [2.45, 2.75) is 0 Å². The van der Waals surface area contributed by atoms with Crippen molar-refractivity contribution in [1.29, 1.82) is 0 Å². The van der Waals surface area contributed by atoms with Gasteiger partial charge in [0.05, 0.1) is 17.5 Å². The van der Waals surface area contributed by atoms with Crippen LogP contribution in [0.2, 0.25) is 0 Å². The highest BCUT2D eigenvalue weighted by Gasteiger charge is 2.12. The number of halogens is 1. The third-order valence-corrected chi connectivity index (χ3v) is 3.47. The van der Waals surface area contributed by atoms with Gasteiger partial charge in [0.1, 0.15) is 11.6 Å². The first-order valence-electron chi connectivity index (χ1n) is 7.13. The Bertz CT molecular complexity index is 967. The molecule has 0 bridgehead atoms. The number of nitrogens with one attached hydrogen (secondary N) is 1. The van der Waals surface area contributed by atoms with E-state index in [9.17, 15) is 4.39 Å². The molecule has 0 unspecified atom stereocenters. The summed E-state index contributed by atoms with van der Waals surface area (Å²) in [5.74, 6) is 1.21. The molecule has 2 aromatic carbocycles. The van der Waals surface area contributed by atoms with E-state index in [2.05, 4.69) is 15.3 Å². The number of nitrogens with zero attached hydrogens (tertiary/aromatic N) is 2. The highest BCUT2D eigenvalue weighted by Crippen LogP contribution is 2.28. The van der Waals surface area contributed by atoms with Crippen molar-refractivity contribution in [3.63, 3.8) is 0 Å². The highest BCUT2D eigenvalue weighted by molar-refractivity contribution is 5.92. The summed E-state index contributed by atoms with van der Waals surface area (Å²) in [5, 5.41) is 3.86. The Morgan fingerprint density at radius 2 is 1.70 bits per heavy atom. The fourth-order valence-electron chi connectivity index (χ4n) is 2.38. The molecule has 5 heteroatoms. The quantitative estimate of drug-likeness (QED) is 0.592. The Hall–Kier alpha value is -3.21. The van der Waals surface area contributed by atoms with Crippen molar-refractivity contribution in [3.05, 3.63) is 72.7 Å². The molecule has 0 atom stereocenters. The minimum atomic E-state index is -0.338. The van der Waals surface area contributed by atoms with Gasteiger partial charge in [-0.05, 0) is 36.4 Å². The maximum absolute atomic E-state index is 13.9. The molecule has 0 aliphatic carbocycles. The predicted octanol–water partition coefficient (Wildman–Crippen LogP) is 4.77. The van der Waals surface area contributed by atoms with Gasteiger partial charge in [-0.1, -0.05) is 24.3 Å². The van der Waals surface area contributed by atoms with E-state index in [1.165, 1.54) is 6.07 Å². The summed E-state index contributed by atoms with van der Waals surface area (Å²) >= 11 is 0. The molecule has 0 saturated heterocycles. The van der Waals surface area contributed by atoms with E-state index in [0.29, 0.717) is 23.1 Å². The fourth-order valence-corrected chi connectivity index (χ4v) is 2.38. The molecule has 2 heterocycles. The van der Waals surface area contributed by atoms with Gasteiger partial charge in [0.15, 0.2) is 11.6 Å². The monoisotopic (exact) mass is 305 g/mol. The van der Waals surface area contributed by atoms with E-state index >= 15 is 0 Å². The number of furan rings is 1. The van der Waals surface area contributed by atoms with Crippen LogP contribution in [0.5, 0.6) is 0 Å². The van der Waals surface area contributed by atoms with E-state index in [1.54, 1.807) is 36.6 Å². The van der Waals surface area contributed by atoms with E-state index in [-0.39, 0.29) is 5.82 Å². The van der Waals surface area contributed by atoms with Gasteiger partial charge in [-0.2, -0.15) is 0 Å². The average Bonchev–Trinajstić information content (AvgIpc) is 3.11. The number of hydrogen-bond acceptors (Lipinski definition) is 4. The van der Waals surface area contributed by atoms with E-state index < -0.39 is 0 Å². The van der Waals surface area contributed by atoms with Crippen molar-refractivity contribution in [3.8, 4) is 11.6 Å². The summed E-state index contributed by atoms with van der Waals surface area (Å²) < 4.78 is 19.3. The van der Waals surface area contributed by atoms with Crippen molar-refractivity contribution < 1.29 is 8.81 Å². The SMILES string of the molecule is Fc1ccccc1Nc1nc(-c2ccco2)nc2ccccc12. The van der Waals surface area contributed by atoms with E-state index in [1.807, 2.05) is 24.3 Å².